The van der Waals surface area contributed by atoms with Gasteiger partial charge in [-0.15, -0.1) is 0 Å². The van der Waals surface area contributed by atoms with Gasteiger partial charge < -0.3 is 5.32 Å². The molecule has 2 aliphatic rings. The summed E-state index contributed by atoms with van der Waals surface area (Å²) in [6.07, 6.45) is 4.74. The summed E-state index contributed by atoms with van der Waals surface area (Å²) in [5.41, 5.74) is 0.813. The lowest BCUT2D eigenvalue weighted by Crippen LogP contribution is -2.44. The molecule has 2 unspecified atom stereocenters. The zero-order valence-electron chi connectivity index (χ0n) is 9.52. The highest BCUT2D eigenvalue weighted by atomic mass is 16.2. The van der Waals surface area contributed by atoms with Crippen molar-refractivity contribution in [1.82, 2.24) is 5.32 Å². The molecule has 80 valence electrons. The van der Waals surface area contributed by atoms with Gasteiger partial charge in [0.1, 0.15) is 0 Å². The van der Waals surface area contributed by atoms with Crippen molar-refractivity contribution in [3.8, 4) is 0 Å². The Morgan fingerprint density at radius 2 is 2.21 bits per heavy atom. The Balaban J connectivity index is 2.08. The van der Waals surface area contributed by atoms with Crippen LogP contribution in [-0.2, 0) is 4.79 Å². The molecule has 1 saturated heterocycles. The van der Waals surface area contributed by atoms with Crippen LogP contribution in [0.15, 0.2) is 0 Å². The Labute approximate surface area is 86.5 Å². The van der Waals surface area contributed by atoms with E-state index in [1.807, 2.05) is 0 Å². The molecule has 2 bridgehead atoms. The summed E-state index contributed by atoms with van der Waals surface area (Å²) in [4.78, 5) is 11.4. The number of nitrogens with one attached hydrogen (secondary N) is 1. The van der Waals surface area contributed by atoms with Crippen molar-refractivity contribution in [3.05, 3.63) is 0 Å². The largest absolute Gasteiger partial charge is 0.355 e. The molecular formula is C12H21NO. The Bertz CT molecular complexity index is 254. The minimum atomic E-state index is 0.298. The van der Waals surface area contributed by atoms with E-state index in [1.165, 1.54) is 12.8 Å². The summed E-state index contributed by atoms with van der Waals surface area (Å²) in [6.45, 7) is 7.81. The molecule has 2 rings (SSSR count). The van der Waals surface area contributed by atoms with E-state index >= 15 is 0 Å². The van der Waals surface area contributed by atoms with E-state index in [-0.39, 0.29) is 0 Å². The van der Waals surface area contributed by atoms with Gasteiger partial charge in [-0.05, 0) is 36.5 Å². The topological polar surface area (TPSA) is 29.1 Å². The van der Waals surface area contributed by atoms with Gasteiger partial charge in [-0.25, -0.2) is 0 Å². The van der Waals surface area contributed by atoms with Gasteiger partial charge in [0.05, 0.1) is 0 Å². The third kappa shape index (κ3) is 1.79. The maximum absolute atomic E-state index is 11.4. The fourth-order valence-corrected chi connectivity index (χ4v) is 3.36. The van der Waals surface area contributed by atoms with Gasteiger partial charge in [0.25, 0.3) is 0 Å². The molecular weight excluding hydrogens is 174 g/mol. The molecule has 0 aromatic carbocycles. The van der Waals surface area contributed by atoms with Gasteiger partial charge in [0.2, 0.25) is 5.91 Å². The molecule has 1 N–H and O–H groups in total. The third-order valence-electron chi connectivity index (χ3n) is 3.62. The lowest BCUT2D eigenvalue weighted by molar-refractivity contribution is -0.127. The van der Waals surface area contributed by atoms with E-state index < -0.39 is 0 Å². The van der Waals surface area contributed by atoms with Gasteiger partial charge in [-0.3, -0.25) is 4.79 Å². The second-order valence-electron chi connectivity index (χ2n) is 6.39. The molecule has 0 aromatic heterocycles. The molecule has 1 heterocycles. The van der Waals surface area contributed by atoms with Crippen LogP contribution in [-0.4, -0.2) is 12.5 Å². The predicted molar refractivity (Wildman–Crippen MR) is 56.9 cm³/mol. The number of carbonyl (C=O) groups excluding carboxylic acids is 1. The first-order valence-electron chi connectivity index (χ1n) is 5.68. The van der Waals surface area contributed by atoms with Gasteiger partial charge in [0, 0.05) is 12.5 Å². The Kier molecular flexibility index (Phi) is 2.13. The molecule has 0 aromatic rings. The first-order chi connectivity index (χ1) is 6.40. The van der Waals surface area contributed by atoms with Gasteiger partial charge in [-0.2, -0.15) is 0 Å². The van der Waals surface area contributed by atoms with E-state index in [2.05, 4.69) is 26.1 Å². The Hall–Kier alpha value is -0.530. The van der Waals surface area contributed by atoms with Crippen LogP contribution in [0.4, 0.5) is 0 Å². The molecule has 0 spiro atoms. The quantitative estimate of drug-likeness (QED) is 0.683. The summed E-state index contributed by atoms with van der Waals surface area (Å²) >= 11 is 0. The highest BCUT2D eigenvalue weighted by Crippen LogP contribution is 2.50. The average Bonchev–Trinajstić information content (AvgIpc) is 2.36. The lowest BCUT2D eigenvalue weighted by Gasteiger charge is -2.38. The number of carbonyl (C=O) groups is 1. The SMILES string of the molecule is CC(C)(C)CC12CCC(C1)C(=O)NC2. The summed E-state index contributed by atoms with van der Waals surface area (Å²) in [5.74, 6) is 0.623. The highest BCUT2D eigenvalue weighted by Gasteiger charge is 2.47. The van der Waals surface area contributed by atoms with Crippen molar-refractivity contribution in [3.63, 3.8) is 0 Å². The molecule has 1 aliphatic carbocycles. The molecule has 1 aliphatic heterocycles. The van der Waals surface area contributed by atoms with Gasteiger partial charge >= 0.3 is 0 Å². The van der Waals surface area contributed by atoms with Crippen LogP contribution < -0.4 is 5.32 Å². The van der Waals surface area contributed by atoms with Crippen LogP contribution in [0.25, 0.3) is 0 Å². The smallest absolute Gasteiger partial charge is 0.223 e. The van der Waals surface area contributed by atoms with Crippen molar-refractivity contribution in [1.29, 1.82) is 0 Å². The molecule has 1 saturated carbocycles. The normalized spacial score (nSPS) is 37.1. The minimum absolute atomic E-state index is 0.298. The summed E-state index contributed by atoms with van der Waals surface area (Å²) in [7, 11) is 0. The number of piperidine rings is 1. The van der Waals surface area contributed by atoms with Crippen molar-refractivity contribution in [2.75, 3.05) is 6.54 Å². The maximum Gasteiger partial charge on any atom is 0.223 e. The van der Waals surface area contributed by atoms with E-state index in [9.17, 15) is 4.79 Å². The second kappa shape index (κ2) is 2.98. The maximum atomic E-state index is 11.4. The van der Waals surface area contributed by atoms with Crippen LogP contribution in [0.2, 0.25) is 0 Å². The van der Waals surface area contributed by atoms with Crippen LogP contribution >= 0.6 is 0 Å². The molecule has 2 atom stereocenters. The van der Waals surface area contributed by atoms with Gasteiger partial charge in [-0.1, -0.05) is 20.8 Å². The van der Waals surface area contributed by atoms with Gasteiger partial charge in [0.15, 0.2) is 0 Å². The van der Waals surface area contributed by atoms with E-state index in [0.717, 1.165) is 19.4 Å². The number of rotatable bonds is 1. The Morgan fingerprint density at radius 3 is 2.86 bits per heavy atom. The van der Waals surface area contributed by atoms with E-state index in [0.29, 0.717) is 22.7 Å². The molecule has 2 fully saturated rings. The van der Waals surface area contributed by atoms with Crippen molar-refractivity contribution in [2.45, 2.75) is 46.5 Å². The number of amides is 1. The zero-order chi connectivity index (χ0) is 10.4. The van der Waals surface area contributed by atoms with Crippen molar-refractivity contribution in [2.24, 2.45) is 16.7 Å². The second-order valence-corrected chi connectivity index (χ2v) is 6.39. The summed E-state index contributed by atoms with van der Waals surface area (Å²) in [6, 6.07) is 0. The molecule has 1 amide bonds. The zero-order valence-corrected chi connectivity index (χ0v) is 9.52. The third-order valence-corrected chi connectivity index (χ3v) is 3.62. The van der Waals surface area contributed by atoms with Crippen molar-refractivity contribution < 1.29 is 4.79 Å². The Morgan fingerprint density at radius 1 is 1.50 bits per heavy atom. The van der Waals surface area contributed by atoms with Crippen molar-refractivity contribution >= 4 is 5.91 Å². The standard InChI is InChI=1S/C12H21NO/c1-11(2,3)7-12-5-4-9(6-12)10(14)13-8-12/h9H,4-8H2,1-3H3,(H,13,14). The molecule has 14 heavy (non-hydrogen) atoms. The molecule has 2 heteroatoms. The summed E-state index contributed by atoms with van der Waals surface area (Å²) in [5, 5.41) is 3.07. The lowest BCUT2D eigenvalue weighted by atomic mass is 9.71. The first-order valence-corrected chi connectivity index (χ1v) is 5.68. The van der Waals surface area contributed by atoms with E-state index in [1.54, 1.807) is 0 Å². The molecule has 2 nitrogen and oxygen atoms in total. The number of hydrogen-bond donors (Lipinski definition) is 1. The molecule has 0 radical (unpaired) electrons. The monoisotopic (exact) mass is 195 g/mol. The van der Waals surface area contributed by atoms with Crippen LogP contribution in [0.3, 0.4) is 0 Å². The van der Waals surface area contributed by atoms with Crippen LogP contribution in [0.5, 0.6) is 0 Å². The fraction of sp³-hybridized carbons (Fsp3) is 0.917. The predicted octanol–water partition coefficient (Wildman–Crippen LogP) is 2.34. The summed E-state index contributed by atoms with van der Waals surface area (Å²) < 4.78 is 0. The minimum Gasteiger partial charge on any atom is -0.355 e. The highest BCUT2D eigenvalue weighted by molar-refractivity contribution is 5.80. The fourth-order valence-electron chi connectivity index (χ4n) is 3.36. The average molecular weight is 195 g/mol. The number of fused-ring (bicyclic) bond motifs is 2. The van der Waals surface area contributed by atoms with Crippen LogP contribution in [0.1, 0.15) is 46.5 Å². The van der Waals surface area contributed by atoms with E-state index in [4.69, 9.17) is 0 Å². The number of hydrogen-bond acceptors (Lipinski definition) is 1. The van der Waals surface area contributed by atoms with Crippen LogP contribution in [0, 0.1) is 16.7 Å². The first kappa shape index (κ1) is 10.0.